The largest absolute Gasteiger partial charge is 0.481 e. The minimum absolute atomic E-state index is 0.143. The zero-order valence-electron chi connectivity index (χ0n) is 11.4. The van der Waals surface area contributed by atoms with E-state index in [1.54, 1.807) is 4.90 Å². The number of rotatable bonds is 4. The summed E-state index contributed by atoms with van der Waals surface area (Å²) in [6, 6.07) is 0. The van der Waals surface area contributed by atoms with Gasteiger partial charge < -0.3 is 15.3 Å². The maximum Gasteiger partial charge on any atom is 0.308 e. The van der Waals surface area contributed by atoms with Crippen LogP contribution in [-0.2, 0) is 9.59 Å². The average Bonchev–Trinajstić information content (AvgIpc) is 2.46. The first-order valence-corrected chi connectivity index (χ1v) is 7.38. The third-order valence-electron chi connectivity index (χ3n) is 4.35. The molecule has 0 aromatic rings. The number of hydrogen-bond donors (Lipinski definition) is 2. The molecule has 5 heteroatoms. The minimum Gasteiger partial charge on any atom is -0.481 e. The number of piperidine rings is 2. The lowest BCUT2D eigenvalue weighted by atomic mass is 9.92. The smallest absolute Gasteiger partial charge is 0.308 e. The lowest BCUT2D eigenvalue weighted by molar-refractivity contribution is -0.145. The molecule has 2 fully saturated rings. The highest BCUT2D eigenvalue weighted by atomic mass is 16.4. The number of hydrogen-bond acceptors (Lipinski definition) is 3. The molecule has 0 spiro atoms. The Kier molecular flexibility index (Phi) is 5.19. The summed E-state index contributed by atoms with van der Waals surface area (Å²) in [5.41, 5.74) is 0. The van der Waals surface area contributed by atoms with Gasteiger partial charge in [0.2, 0.25) is 5.91 Å². The highest BCUT2D eigenvalue weighted by molar-refractivity contribution is 5.78. The van der Waals surface area contributed by atoms with Crippen LogP contribution in [0.5, 0.6) is 0 Å². The molecule has 2 aliphatic rings. The molecule has 2 rings (SSSR count). The topological polar surface area (TPSA) is 69.6 Å². The summed E-state index contributed by atoms with van der Waals surface area (Å²) in [4.78, 5) is 24.9. The van der Waals surface area contributed by atoms with Gasteiger partial charge in [-0.3, -0.25) is 9.59 Å². The molecule has 0 aromatic carbocycles. The Labute approximate surface area is 114 Å². The molecular formula is C14H24N2O3. The van der Waals surface area contributed by atoms with E-state index in [4.69, 9.17) is 5.11 Å². The van der Waals surface area contributed by atoms with E-state index >= 15 is 0 Å². The van der Waals surface area contributed by atoms with E-state index in [0.717, 1.165) is 45.3 Å². The van der Waals surface area contributed by atoms with Crippen LogP contribution in [0.1, 0.15) is 38.5 Å². The van der Waals surface area contributed by atoms with Crippen molar-refractivity contribution in [1.82, 2.24) is 10.2 Å². The zero-order valence-corrected chi connectivity index (χ0v) is 11.4. The highest BCUT2D eigenvalue weighted by Crippen LogP contribution is 2.21. The van der Waals surface area contributed by atoms with Gasteiger partial charge in [0, 0.05) is 19.5 Å². The van der Waals surface area contributed by atoms with Gasteiger partial charge in [0.15, 0.2) is 0 Å². The molecule has 0 saturated carbocycles. The molecule has 2 aliphatic heterocycles. The monoisotopic (exact) mass is 268 g/mol. The third kappa shape index (κ3) is 4.20. The van der Waals surface area contributed by atoms with Crippen molar-refractivity contribution in [3.8, 4) is 0 Å². The molecule has 1 amide bonds. The van der Waals surface area contributed by atoms with Crippen LogP contribution in [0.2, 0.25) is 0 Å². The lowest BCUT2D eigenvalue weighted by Gasteiger charge is -2.31. The number of carbonyl (C=O) groups excluding carboxylic acids is 1. The van der Waals surface area contributed by atoms with Gasteiger partial charge in [0.1, 0.15) is 0 Å². The maximum atomic E-state index is 12.1. The first-order valence-electron chi connectivity index (χ1n) is 7.38. The Morgan fingerprint density at radius 1 is 1.21 bits per heavy atom. The van der Waals surface area contributed by atoms with Crippen LogP contribution in [0.3, 0.4) is 0 Å². The quantitative estimate of drug-likeness (QED) is 0.801. The number of amides is 1. The number of likely N-dealkylation sites (tertiary alicyclic amines) is 1. The second kappa shape index (κ2) is 6.89. The van der Waals surface area contributed by atoms with E-state index < -0.39 is 5.97 Å². The van der Waals surface area contributed by atoms with Gasteiger partial charge in [-0.1, -0.05) is 0 Å². The normalized spacial score (nSPS) is 25.3. The molecule has 2 saturated heterocycles. The summed E-state index contributed by atoms with van der Waals surface area (Å²) in [6.45, 7) is 3.25. The van der Waals surface area contributed by atoms with Crippen molar-refractivity contribution >= 4 is 11.9 Å². The van der Waals surface area contributed by atoms with Crippen LogP contribution >= 0.6 is 0 Å². The number of aliphatic carboxylic acids is 1. The summed E-state index contributed by atoms with van der Waals surface area (Å²) >= 11 is 0. The van der Waals surface area contributed by atoms with Crippen LogP contribution < -0.4 is 5.32 Å². The minimum atomic E-state index is -0.768. The molecule has 5 nitrogen and oxygen atoms in total. The SMILES string of the molecule is O=C(O)C1CCCN(C(=O)CCC2CCNCC2)C1. The van der Waals surface area contributed by atoms with Crippen molar-refractivity contribution < 1.29 is 14.7 Å². The van der Waals surface area contributed by atoms with Crippen LogP contribution in [0.25, 0.3) is 0 Å². The maximum absolute atomic E-state index is 12.1. The molecule has 108 valence electrons. The molecular weight excluding hydrogens is 244 g/mol. The second-order valence-corrected chi connectivity index (χ2v) is 5.75. The number of carboxylic acid groups (broad SMARTS) is 1. The number of carboxylic acids is 1. The van der Waals surface area contributed by atoms with Gasteiger partial charge in [-0.25, -0.2) is 0 Å². The summed E-state index contributed by atoms with van der Waals surface area (Å²) in [6.07, 6.45) is 5.37. The number of nitrogens with one attached hydrogen (secondary N) is 1. The fraction of sp³-hybridized carbons (Fsp3) is 0.857. The summed E-state index contributed by atoms with van der Waals surface area (Å²) in [5, 5.41) is 12.4. The zero-order chi connectivity index (χ0) is 13.7. The fourth-order valence-electron chi connectivity index (χ4n) is 3.06. The fourth-order valence-corrected chi connectivity index (χ4v) is 3.06. The number of carbonyl (C=O) groups is 2. The molecule has 0 aliphatic carbocycles. The van der Waals surface area contributed by atoms with E-state index in [1.165, 1.54) is 0 Å². The predicted octanol–water partition coefficient (Wildman–Crippen LogP) is 1.09. The molecule has 2 heterocycles. The van der Waals surface area contributed by atoms with E-state index in [-0.39, 0.29) is 11.8 Å². The van der Waals surface area contributed by atoms with Gasteiger partial charge in [0.05, 0.1) is 5.92 Å². The average molecular weight is 268 g/mol. The van der Waals surface area contributed by atoms with Gasteiger partial charge in [-0.05, 0) is 51.1 Å². The number of nitrogens with zero attached hydrogens (tertiary/aromatic N) is 1. The molecule has 1 unspecified atom stereocenters. The summed E-state index contributed by atoms with van der Waals surface area (Å²) in [5.74, 6) is -0.331. The van der Waals surface area contributed by atoms with Crippen LogP contribution in [0.4, 0.5) is 0 Å². The van der Waals surface area contributed by atoms with Gasteiger partial charge >= 0.3 is 5.97 Å². The Hall–Kier alpha value is -1.10. The second-order valence-electron chi connectivity index (χ2n) is 5.75. The summed E-state index contributed by atoms with van der Waals surface area (Å²) < 4.78 is 0. The van der Waals surface area contributed by atoms with Crippen LogP contribution in [0, 0.1) is 11.8 Å². The molecule has 2 N–H and O–H groups in total. The highest BCUT2D eigenvalue weighted by Gasteiger charge is 2.28. The van der Waals surface area contributed by atoms with Crippen molar-refractivity contribution in [1.29, 1.82) is 0 Å². The summed E-state index contributed by atoms with van der Waals surface area (Å²) in [7, 11) is 0. The van der Waals surface area contributed by atoms with Crippen molar-refractivity contribution in [3.63, 3.8) is 0 Å². The lowest BCUT2D eigenvalue weighted by Crippen LogP contribution is -2.42. The van der Waals surface area contributed by atoms with Crippen molar-refractivity contribution in [2.75, 3.05) is 26.2 Å². The first-order chi connectivity index (χ1) is 9.16. The third-order valence-corrected chi connectivity index (χ3v) is 4.35. The standard InChI is InChI=1S/C14H24N2O3/c17-13(4-3-11-5-7-15-8-6-11)16-9-1-2-12(10-16)14(18)19/h11-12,15H,1-10H2,(H,18,19). The molecule has 0 radical (unpaired) electrons. The van der Waals surface area contributed by atoms with Crippen molar-refractivity contribution in [2.45, 2.75) is 38.5 Å². The van der Waals surface area contributed by atoms with Gasteiger partial charge in [-0.15, -0.1) is 0 Å². The predicted molar refractivity (Wildman–Crippen MR) is 71.8 cm³/mol. The molecule has 0 aromatic heterocycles. The van der Waals surface area contributed by atoms with Crippen LogP contribution in [0.15, 0.2) is 0 Å². The Bertz CT molecular complexity index is 327. The molecule has 19 heavy (non-hydrogen) atoms. The Balaban J connectivity index is 1.74. The Morgan fingerprint density at radius 3 is 2.63 bits per heavy atom. The van der Waals surface area contributed by atoms with Gasteiger partial charge in [-0.2, -0.15) is 0 Å². The van der Waals surface area contributed by atoms with Gasteiger partial charge in [0.25, 0.3) is 0 Å². The molecule has 0 bridgehead atoms. The molecule has 1 atom stereocenters. The van der Waals surface area contributed by atoms with E-state index in [9.17, 15) is 9.59 Å². The Morgan fingerprint density at radius 2 is 1.95 bits per heavy atom. The van der Waals surface area contributed by atoms with E-state index in [2.05, 4.69) is 5.32 Å². The van der Waals surface area contributed by atoms with Crippen LogP contribution in [-0.4, -0.2) is 48.1 Å². The first kappa shape index (κ1) is 14.3. The van der Waals surface area contributed by atoms with E-state index in [1.807, 2.05) is 0 Å². The van der Waals surface area contributed by atoms with Crippen molar-refractivity contribution in [3.05, 3.63) is 0 Å². The van der Waals surface area contributed by atoms with E-state index in [0.29, 0.717) is 25.3 Å². The van der Waals surface area contributed by atoms with Crippen molar-refractivity contribution in [2.24, 2.45) is 11.8 Å².